The molecule has 1 N–H and O–H groups in total. The third kappa shape index (κ3) is 4.47. The van der Waals surface area contributed by atoms with Gasteiger partial charge in [0.05, 0.1) is 34.2 Å². The molecule has 1 aromatic carbocycles. The Balaban J connectivity index is 1.99. The second kappa shape index (κ2) is 8.32. The minimum absolute atomic E-state index is 0.190. The van der Waals surface area contributed by atoms with Crippen molar-refractivity contribution in [3.8, 4) is 11.5 Å². The van der Waals surface area contributed by atoms with Gasteiger partial charge in [0.2, 0.25) is 0 Å². The van der Waals surface area contributed by atoms with Gasteiger partial charge < -0.3 is 14.8 Å². The van der Waals surface area contributed by atoms with Crippen LogP contribution in [0.5, 0.6) is 11.5 Å². The first-order chi connectivity index (χ1) is 12.8. The number of thioether (sulfide) groups is 1. The van der Waals surface area contributed by atoms with Crippen LogP contribution in [-0.2, 0) is 0 Å². The maximum atomic E-state index is 13.2. The SMILES string of the molecule is Bc1cnc(C(=O)N(I)c2cc3c(cc2NC)OC(P)(P)O3)c(SCC)c1. The summed E-state index contributed by atoms with van der Waals surface area (Å²) in [6.07, 6.45) is 1.72. The minimum atomic E-state index is -0.893. The molecule has 2 atom stereocenters. The molecule has 3 rings (SSSR count). The summed E-state index contributed by atoms with van der Waals surface area (Å²) in [7, 11) is 8.75. The number of nitrogens with one attached hydrogen (secondary N) is 1. The van der Waals surface area contributed by atoms with Crippen LogP contribution in [0.3, 0.4) is 0 Å². The second-order valence-corrected chi connectivity index (χ2v) is 10.4. The molecule has 1 aliphatic rings. The highest BCUT2D eigenvalue weighted by Gasteiger charge is 2.34. The fourth-order valence-electron chi connectivity index (χ4n) is 2.61. The number of carbonyl (C=O) groups excluding carboxylic acids is 1. The van der Waals surface area contributed by atoms with E-state index in [2.05, 4.69) is 35.7 Å². The standard InChI is InChI=1S/C16H19BIN3O3P2S/c1-3-27-13-4-8(17)7-20-14(13)15(22)21(18)10-6-12-11(5-9(10)19-2)23-16(25,26)24-12/h4-7,19H,3,17,25-26H2,1-2H3. The Kier molecular flexibility index (Phi) is 6.46. The van der Waals surface area contributed by atoms with Crippen molar-refractivity contribution < 1.29 is 14.3 Å². The van der Waals surface area contributed by atoms with Crippen LogP contribution in [0.4, 0.5) is 11.4 Å². The van der Waals surface area contributed by atoms with Gasteiger partial charge in [-0.3, -0.25) is 9.78 Å². The Bertz CT molecular complexity index is 903. The summed E-state index contributed by atoms with van der Waals surface area (Å²) in [6.45, 7) is 2.05. The monoisotopic (exact) mass is 533 g/mol. The van der Waals surface area contributed by atoms with Gasteiger partial charge in [-0.05, 0) is 24.2 Å². The van der Waals surface area contributed by atoms with E-state index >= 15 is 0 Å². The van der Waals surface area contributed by atoms with Crippen LogP contribution in [0.25, 0.3) is 0 Å². The third-order valence-electron chi connectivity index (χ3n) is 3.75. The van der Waals surface area contributed by atoms with Crippen LogP contribution >= 0.6 is 53.1 Å². The number of anilines is 2. The molecule has 11 heteroatoms. The molecular weight excluding hydrogens is 514 g/mol. The molecule has 0 fully saturated rings. The molecule has 0 spiro atoms. The molecule has 1 aliphatic heterocycles. The number of pyridine rings is 1. The summed E-state index contributed by atoms with van der Waals surface area (Å²) < 4.78 is 13.0. The Morgan fingerprint density at radius 3 is 2.67 bits per heavy atom. The molecule has 6 nitrogen and oxygen atoms in total. The fraction of sp³-hybridized carbons (Fsp3) is 0.250. The molecule has 2 unspecified atom stereocenters. The van der Waals surface area contributed by atoms with E-state index in [9.17, 15) is 4.79 Å². The molecule has 27 heavy (non-hydrogen) atoms. The van der Waals surface area contributed by atoms with Crippen molar-refractivity contribution in [2.75, 3.05) is 21.2 Å². The minimum Gasteiger partial charge on any atom is -0.443 e. The number of nitrogens with zero attached hydrogens (tertiary/aromatic N) is 2. The van der Waals surface area contributed by atoms with E-state index in [0.717, 1.165) is 21.8 Å². The maximum Gasteiger partial charge on any atom is 0.286 e. The number of aromatic nitrogens is 1. The molecule has 0 saturated heterocycles. The van der Waals surface area contributed by atoms with Crippen LogP contribution in [0, 0.1) is 0 Å². The van der Waals surface area contributed by atoms with Crippen molar-refractivity contribution in [2.24, 2.45) is 0 Å². The fourth-order valence-corrected chi connectivity index (χ4v) is 4.60. The Morgan fingerprint density at radius 1 is 1.37 bits per heavy atom. The van der Waals surface area contributed by atoms with E-state index in [0.29, 0.717) is 22.9 Å². The van der Waals surface area contributed by atoms with Crippen LogP contribution in [0.15, 0.2) is 29.3 Å². The number of ether oxygens (including phenoxy) is 2. The van der Waals surface area contributed by atoms with Gasteiger partial charge in [0.25, 0.3) is 11.2 Å². The summed E-state index contributed by atoms with van der Waals surface area (Å²) in [5, 5.41) is 2.22. The number of halogens is 1. The lowest BCUT2D eigenvalue weighted by molar-refractivity contribution is 0.0988. The second-order valence-electron chi connectivity index (χ2n) is 5.87. The normalized spacial score (nSPS) is 14.1. The average Bonchev–Trinajstić information content (AvgIpc) is 2.92. The smallest absolute Gasteiger partial charge is 0.286 e. The van der Waals surface area contributed by atoms with Gasteiger partial charge in [-0.15, -0.1) is 11.8 Å². The number of amides is 1. The topological polar surface area (TPSA) is 63.7 Å². The van der Waals surface area contributed by atoms with Crippen molar-refractivity contribution in [2.45, 2.75) is 17.1 Å². The predicted molar refractivity (Wildman–Crippen MR) is 129 cm³/mol. The lowest BCUT2D eigenvalue weighted by Gasteiger charge is -2.20. The summed E-state index contributed by atoms with van der Waals surface area (Å²) in [5.41, 5.74) is 2.89. The lowest BCUT2D eigenvalue weighted by atomic mass is 9.98. The Labute approximate surface area is 182 Å². The van der Waals surface area contributed by atoms with Crippen molar-refractivity contribution in [1.29, 1.82) is 0 Å². The summed E-state index contributed by atoms with van der Waals surface area (Å²) in [4.78, 5) is 18.5. The van der Waals surface area contributed by atoms with Gasteiger partial charge in [0.1, 0.15) is 13.5 Å². The number of hydrogen-bond acceptors (Lipinski definition) is 6. The van der Waals surface area contributed by atoms with Gasteiger partial charge in [0, 0.05) is 30.3 Å². The molecule has 0 aliphatic carbocycles. The van der Waals surface area contributed by atoms with E-state index in [1.165, 1.54) is 0 Å². The molecule has 1 amide bonds. The number of benzene rings is 1. The summed E-state index contributed by atoms with van der Waals surface area (Å²) >= 11 is 3.61. The zero-order valence-corrected chi connectivity index (χ0v) is 20.4. The van der Waals surface area contributed by atoms with Crippen LogP contribution in [0.2, 0.25) is 0 Å². The average molecular weight is 533 g/mol. The third-order valence-corrected chi connectivity index (χ3v) is 6.09. The highest BCUT2D eigenvalue weighted by Crippen LogP contribution is 2.50. The van der Waals surface area contributed by atoms with E-state index in [4.69, 9.17) is 9.47 Å². The zero-order valence-electron chi connectivity index (χ0n) is 15.1. The molecular formula is C16H19BIN3O3P2S. The first-order valence-electron chi connectivity index (χ1n) is 8.17. The first kappa shape index (κ1) is 21.0. The number of fused-ring (bicyclic) bond motifs is 1. The molecule has 2 aromatic rings. The quantitative estimate of drug-likeness (QED) is 0.210. The van der Waals surface area contributed by atoms with E-state index in [-0.39, 0.29) is 5.91 Å². The van der Waals surface area contributed by atoms with Crippen molar-refractivity contribution in [3.05, 3.63) is 30.1 Å². The molecule has 0 radical (unpaired) electrons. The number of carbonyl (C=O) groups is 1. The molecule has 142 valence electrons. The molecule has 2 heterocycles. The zero-order chi connectivity index (χ0) is 19.8. The first-order valence-corrected chi connectivity index (χ1v) is 11.3. The van der Waals surface area contributed by atoms with E-state index < -0.39 is 5.27 Å². The number of rotatable bonds is 5. The Hall–Kier alpha value is -0.755. The van der Waals surface area contributed by atoms with Gasteiger partial charge in [-0.2, -0.15) is 0 Å². The summed E-state index contributed by atoms with van der Waals surface area (Å²) in [5.74, 6) is 1.86. The van der Waals surface area contributed by atoms with Crippen LogP contribution < -0.4 is 23.4 Å². The Morgan fingerprint density at radius 2 is 2.04 bits per heavy atom. The number of hydrogen-bond donors (Lipinski definition) is 1. The summed E-state index contributed by atoms with van der Waals surface area (Å²) in [6, 6.07) is 5.61. The van der Waals surface area contributed by atoms with Crippen molar-refractivity contribution >= 4 is 83.7 Å². The largest absolute Gasteiger partial charge is 0.443 e. The van der Waals surface area contributed by atoms with Gasteiger partial charge in [-0.25, -0.2) is 3.11 Å². The van der Waals surface area contributed by atoms with Crippen molar-refractivity contribution in [3.63, 3.8) is 0 Å². The lowest BCUT2D eigenvalue weighted by Crippen LogP contribution is -2.24. The van der Waals surface area contributed by atoms with Crippen LogP contribution in [-0.4, -0.2) is 36.8 Å². The molecule has 0 bridgehead atoms. The van der Waals surface area contributed by atoms with Gasteiger partial charge in [-0.1, -0.05) is 18.5 Å². The van der Waals surface area contributed by atoms with Crippen molar-refractivity contribution in [1.82, 2.24) is 4.98 Å². The van der Waals surface area contributed by atoms with Gasteiger partial charge in [0.15, 0.2) is 11.5 Å². The van der Waals surface area contributed by atoms with Crippen LogP contribution in [0.1, 0.15) is 17.4 Å². The maximum absolute atomic E-state index is 13.2. The highest BCUT2D eigenvalue weighted by molar-refractivity contribution is 14.1. The van der Waals surface area contributed by atoms with E-state index in [1.54, 1.807) is 34.2 Å². The molecule has 0 saturated carbocycles. The highest BCUT2D eigenvalue weighted by atomic mass is 127. The molecule has 1 aromatic heterocycles. The van der Waals surface area contributed by atoms with Gasteiger partial charge >= 0.3 is 0 Å². The predicted octanol–water partition coefficient (Wildman–Crippen LogP) is 2.62. The van der Waals surface area contributed by atoms with E-state index in [1.807, 2.05) is 42.8 Å².